The molecule has 0 amide bonds. The van der Waals surface area contributed by atoms with Gasteiger partial charge in [0.15, 0.2) is 0 Å². The lowest BCUT2D eigenvalue weighted by molar-refractivity contribution is -0.137. The van der Waals surface area contributed by atoms with Gasteiger partial charge in [-0.3, -0.25) is 4.98 Å². The molecule has 3 N–H and O–H groups in total. The minimum atomic E-state index is -4.56. The first kappa shape index (κ1) is 21.0. The molecule has 0 bridgehead atoms. The molecule has 30 heavy (non-hydrogen) atoms. The molecule has 6 nitrogen and oxygen atoms in total. The highest BCUT2D eigenvalue weighted by molar-refractivity contribution is 7.46. The van der Waals surface area contributed by atoms with Crippen molar-refractivity contribution in [1.29, 1.82) is 0 Å². The SMILES string of the molecule is CPc1nccc2c(-c3nc(N[C@H]4CCC(C)(C)NC4)ncc3C(F)(F)F)c[nH]c12. The van der Waals surface area contributed by atoms with Crippen LogP contribution < -0.4 is 16.1 Å². The quantitative estimate of drug-likeness (QED) is 0.541. The molecule has 0 aliphatic carbocycles. The van der Waals surface area contributed by atoms with Gasteiger partial charge in [0.05, 0.1) is 16.6 Å². The van der Waals surface area contributed by atoms with E-state index in [1.54, 1.807) is 18.5 Å². The number of piperidine rings is 1. The molecule has 1 saturated heterocycles. The van der Waals surface area contributed by atoms with Crippen molar-refractivity contribution in [3.8, 4) is 11.3 Å². The second-order valence-electron chi connectivity index (χ2n) is 8.13. The van der Waals surface area contributed by atoms with Gasteiger partial charge in [-0.1, -0.05) is 8.58 Å². The molecule has 0 aromatic carbocycles. The summed E-state index contributed by atoms with van der Waals surface area (Å²) in [5.41, 5.74) is 1.04. The van der Waals surface area contributed by atoms with E-state index in [2.05, 4.69) is 44.4 Å². The summed E-state index contributed by atoms with van der Waals surface area (Å²) in [4.78, 5) is 15.7. The van der Waals surface area contributed by atoms with E-state index in [1.165, 1.54) is 0 Å². The first-order chi connectivity index (χ1) is 14.2. The number of rotatable bonds is 4. The zero-order valence-electron chi connectivity index (χ0n) is 17.0. The van der Waals surface area contributed by atoms with Crippen molar-refractivity contribution in [3.63, 3.8) is 0 Å². The van der Waals surface area contributed by atoms with E-state index in [0.717, 1.165) is 30.0 Å². The Kier molecular flexibility index (Phi) is 5.45. The van der Waals surface area contributed by atoms with Gasteiger partial charge >= 0.3 is 6.18 Å². The van der Waals surface area contributed by atoms with Crippen molar-refractivity contribution in [2.75, 3.05) is 18.5 Å². The van der Waals surface area contributed by atoms with Crippen LogP contribution in [0.4, 0.5) is 19.1 Å². The molecule has 0 spiro atoms. The van der Waals surface area contributed by atoms with Crippen LogP contribution in [-0.2, 0) is 6.18 Å². The third-order valence-corrected chi connectivity index (χ3v) is 6.32. The van der Waals surface area contributed by atoms with Crippen molar-refractivity contribution < 1.29 is 13.2 Å². The van der Waals surface area contributed by atoms with Gasteiger partial charge in [0, 0.05) is 47.7 Å². The summed E-state index contributed by atoms with van der Waals surface area (Å²) >= 11 is 0. The number of hydrogen-bond donors (Lipinski definition) is 3. The number of H-pyrrole nitrogens is 1. The van der Waals surface area contributed by atoms with Gasteiger partial charge in [-0.15, -0.1) is 0 Å². The van der Waals surface area contributed by atoms with Crippen molar-refractivity contribution in [3.05, 3.63) is 30.2 Å². The summed E-state index contributed by atoms with van der Waals surface area (Å²) in [6, 6.07) is 1.77. The molecule has 1 unspecified atom stereocenters. The Balaban J connectivity index is 1.74. The fourth-order valence-corrected chi connectivity index (χ4v) is 4.40. The number of halogens is 3. The van der Waals surface area contributed by atoms with Crippen LogP contribution in [-0.4, -0.2) is 44.7 Å². The molecule has 2 atom stereocenters. The molecule has 3 aromatic rings. The molecular weight excluding hydrogens is 412 g/mol. The van der Waals surface area contributed by atoms with Crippen molar-refractivity contribution in [1.82, 2.24) is 25.3 Å². The molecule has 4 heterocycles. The minimum Gasteiger partial charge on any atom is -0.359 e. The Morgan fingerprint density at radius 2 is 2.07 bits per heavy atom. The van der Waals surface area contributed by atoms with Crippen LogP contribution >= 0.6 is 8.58 Å². The van der Waals surface area contributed by atoms with Crippen LogP contribution in [0.15, 0.2) is 24.7 Å². The highest BCUT2D eigenvalue weighted by atomic mass is 31.1. The maximum absolute atomic E-state index is 13.7. The summed E-state index contributed by atoms with van der Waals surface area (Å²) in [7, 11) is 0.420. The van der Waals surface area contributed by atoms with E-state index in [4.69, 9.17) is 0 Å². The van der Waals surface area contributed by atoms with E-state index in [9.17, 15) is 13.2 Å². The Morgan fingerprint density at radius 3 is 2.73 bits per heavy atom. The fourth-order valence-electron chi connectivity index (χ4n) is 3.73. The smallest absolute Gasteiger partial charge is 0.359 e. The molecular formula is C20H24F3N6P. The third kappa shape index (κ3) is 4.14. The average Bonchev–Trinajstić information content (AvgIpc) is 3.13. The first-order valence-electron chi connectivity index (χ1n) is 9.78. The van der Waals surface area contributed by atoms with Crippen LogP contribution in [0.1, 0.15) is 32.3 Å². The predicted molar refractivity (Wildman–Crippen MR) is 115 cm³/mol. The number of nitrogens with one attached hydrogen (secondary N) is 3. The summed E-state index contributed by atoms with van der Waals surface area (Å²) in [5.74, 6) is 0.200. The van der Waals surface area contributed by atoms with E-state index < -0.39 is 11.7 Å². The Bertz CT molecular complexity index is 1050. The van der Waals surface area contributed by atoms with Gasteiger partial charge in [0.1, 0.15) is 5.56 Å². The van der Waals surface area contributed by atoms with Crippen molar-refractivity contribution in [2.24, 2.45) is 0 Å². The van der Waals surface area contributed by atoms with E-state index in [-0.39, 0.29) is 23.2 Å². The highest BCUT2D eigenvalue weighted by Crippen LogP contribution is 2.38. The fraction of sp³-hybridized carbons (Fsp3) is 0.450. The van der Waals surface area contributed by atoms with E-state index in [0.29, 0.717) is 26.1 Å². The second kappa shape index (κ2) is 7.78. The molecule has 0 saturated carbocycles. The number of pyridine rings is 1. The van der Waals surface area contributed by atoms with E-state index >= 15 is 0 Å². The number of aromatic amines is 1. The molecule has 4 rings (SSSR count). The summed E-state index contributed by atoms with van der Waals surface area (Å²) in [6.45, 7) is 6.95. The Labute approximate surface area is 174 Å². The lowest BCUT2D eigenvalue weighted by Gasteiger charge is -2.36. The molecule has 10 heteroatoms. The minimum absolute atomic E-state index is 0.0556. The average molecular weight is 436 g/mol. The number of aromatic nitrogens is 4. The number of anilines is 1. The van der Waals surface area contributed by atoms with Crippen molar-refractivity contribution >= 4 is 30.9 Å². The monoisotopic (exact) mass is 436 g/mol. The summed E-state index contributed by atoms with van der Waals surface area (Å²) < 4.78 is 41.2. The van der Waals surface area contributed by atoms with Crippen LogP contribution in [0.2, 0.25) is 0 Å². The predicted octanol–water partition coefficient (Wildman–Crippen LogP) is 3.91. The lowest BCUT2D eigenvalue weighted by Crippen LogP contribution is -2.50. The molecule has 160 valence electrons. The normalized spacial score (nSPS) is 19.6. The summed E-state index contributed by atoms with van der Waals surface area (Å²) in [5, 5.41) is 7.30. The largest absolute Gasteiger partial charge is 0.419 e. The van der Waals surface area contributed by atoms with Gasteiger partial charge < -0.3 is 15.6 Å². The van der Waals surface area contributed by atoms with Gasteiger partial charge in [-0.2, -0.15) is 13.2 Å². The second-order valence-corrected chi connectivity index (χ2v) is 9.11. The number of fused-ring (bicyclic) bond motifs is 1. The van der Waals surface area contributed by atoms with Gasteiger partial charge in [-0.05, 0) is 39.4 Å². The lowest BCUT2D eigenvalue weighted by atomic mass is 9.91. The van der Waals surface area contributed by atoms with Crippen LogP contribution in [0.5, 0.6) is 0 Å². The highest BCUT2D eigenvalue weighted by Gasteiger charge is 2.36. The molecule has 3 aromatic heterocycles. The van der Waals surface area contributed by atoms with Crippen LogP contribution in [0.3, 0.4) is 0 Å². The summed E-state index contributed by atoms with van der Waals surface area (Å²) in [6.07, 6.45) is 1.34. The number of hydrogen-bond acceptors (Lipinski definition) is 5. The third-order valence-electron chi connectivity index (χ3n) is 5.47. The number of nitrogens with zero attached hydrogens (tertiary/aromatic N) is 3. The first-order valence-corrected chi connectivity index (χ1v) is 11.3. The Hall–Kier alpha value is -2.25. The van der Waals surface area contributed by atoms with Crippen LogP contribution in [0, 0.1) is 0 Å². The molecule has 1 aliphatic heterocycles. The zero-order valence-corrected chi connectivity index (χ0v) is 18.0. The number of alkyl halides is 3. The zero-order chi connectivity index (χ0) is 21.5. The maximum atomic E-state index is 13.7. The topological polar surface area (TPSA) is 78.5 Å². The van der Waals surface area contributed by atoms with Crippen molar-refractivity contribution in [2.45, 2.75) is 44.4 Å². The molecule has 0 radical (unpaired) electrons. The van der Waals surface area contributed by atoms with Gasteiger partial charge in [0.25, 0.3) is 0 Å². The van der Waals surface area contributed by atoms with E-state index in [1.807, 2.05) is 6.66 Å². The molecule has 1 fully saturated rings. The van der Waals surface area contributed by atoms with Crippen LogP contribution in [0.25, 0.3) is 22.2 Å². The molecule has 1 aliphatic rings. The van der Waals surface area contributed by atoms with Gasteiger partial charge in [0.2, 0.25) is 5.95 Å². The maximum Gasteiger partial charge on any atom is 0.419 e. The Morgan fingerprint density at radius 1 is 1.27 bits per heavy atom. The van der Waals surface area contributed by atoms with Gasteiger partial charge in [-0.25, -0.2) is 9.97 Å². The standard InChI is InChI=1S/C20H24F3N6P/c1-19(2)6-4-11(8-27-19)28-18-26-10-14(20(21,22)23)15(29-18)13-9-25-16-12(13)5-7-24-17(16)30-3/h5,7,9-11,25,27,30H,4,6,8H2,1-3H3,(H,26,28,29)/t11-/m0/s1.